The van der Waals surface area contributed by atoms with Gasteiger partial charge in [0.2, 0.25) is 0 Å². The standard InChI is InChI=1S/C51H84NO10P/c1-5-7-9-10-23-29-34-46(53)35-30-24-19-15-11-13-18-22-27-33-39-51(55)61-47(43-60-63(56,57)59-41-40-52)42-58-50(54)38-32-26-21-17-14-12-16-20-25-31-37-49-45(4)44(3)48(62-49)36-28-8-6-2/h7,9,11,13,19,22-24,27,29-30,35,46-47,53H,5-6,8,10,12,14-18,20-21,25-26,28,31-34,36-43,52H2,1-4H3,(H,56,57)/b9-7-,13-11-,24-19-,27-22-,29-23-,35-30+/t46?,47-/m1/s1. The molecule has 1 heterocycles. The van der Waals surface area contributed by atoms with Crippen molar-refractivity contribution < 1.29 is 47.1 Å². The first-order valence-corrected chi connectivity index (χ1v) is 25.4. The van der Waals surface area contributed by atoms with Gasteiger partial charge in [0, 0.05) is 32.2 Å². The van der Waals surface area contributed by atoms with E-state index in [1.54, 1.807) is 6.08 Å². The molecule has 0 bridgehead atoms. The van der Waals surface area contributed by atoms with Crippen LogP contribution in [0.25, 0.3) is 0 Å². The molecule has 1 aromatic heterocycles. The number of rotatable bonds is 40. The summed E-state index contributed by atoms with van der Waals surface area (Å²) in [6.45, 7) is 7.77. The van der Waals surface area contributed by atoms with Gasteiger partial charge in [-0.2, -0.15) is 0 Å². The zero-order valence-electron chi connectivity index (χ0n) is 39.4. The van der Waals surface area contributed by atoms with Gasteiger partial charge in [0.25, 0.3) is 0 Å². The summed E-state index contributed by atoms with van der Waals surface area (Å²) >= 11 is 0. The normalized spacial score (nSPS) is 14.3. The highest BCUT2D eigenvalue weighted by Gasteiger charge is 2.26. The molecule has 12 heteroatoms. The summed E-state index contributed by atoms with van der Waals surface area (Å²) in [4.78, 5) is 35.0. The van der Waals surface area contributed by atoms with Gasteiger partial charge in [0.1, 0.15) is 18.1 Å². The third kappa shape index (κ3) is 32.9. The number of furan rings is 1. The van der Waals surface area contributed by atoms with E-state index in [4.69, 9.17) is 28.7 Å². The number of allylic oxidation sites excluding steroid dienone is 10. The quantitative estimate of drug-likeness (QED) is 0.0188. The van der Waals surface area contributed by atoms with Gasteiger partial charge in [0.05, 0.1) is 19.3 Å². The fourth-order valence-electron chi connectivity index (χ4n) is 6.57. The molecular weight excluding hydrogens is 818 g/mol. The number of unbranched alkanes of at least 4 members (excludes halogenated alkanes) is 11. The highest BCUT2D eigenvalue weighted by molar-refractivity contribution is 7.47. The van der Waals surface area contributed by atoms with E-state index in [2.05, 4.69) is 45.9 Å². The summed E-state index contributed by atoms with van der Waals surface area (Å²) in [7, 11) is -4.43. The van der Waals surface area contributed by atoms with Crippen LogP contribution in [-0.2, 0) is 45.5 Å². The van der Waals surface area contributed by atoms with Gasteiger partial charge in [-0.1, -0.05) is 151 Å². The van der Waals surface area contributed by atoms with Crippen LogP contribution in [0.4, 0.5) is 0 Å². The number of aliphatic hydroxyl groups excluding tert-OH is 1. The number of hydrogen-bond donors (Lipinski definition) is 3. The van der Waals surface area contributed by atoms with Crippen LogP contribution in [0.15, 0.2) is 77.3 Å². The summed E-state index contributed by atoms with van der Waals surface area (Å²) < 4.78 is 39.0. The summed E-state index contributed by atoms with van der Waals surface area (Å²) in [5.41, 5.74) is 8.03. The molecule has 63 heavy (non-hydrogen) atoms. The third-order valence-electron chi connectivity index (χ3n) is 10.4. The van der Waals surface area contributed by atoms with Crippen LogP contribution < -0.4 is 5.73 Å². The average Bonchev–Trinajstić information content (AvgIpc) is 3.53. The number of phosphoric acid groups is 1. The van der Waals surface area contributed by atoms with Crippen molar-refractivity contribution in [3.63, 3.8) is 0 Å². The molecule has 11 nitrogen and oxygen atoms in total. The molecule has 2 unspecified atom stereocenters. The number of ether oxygens (including phenoxy) is 2. The van der Waals surface area contributed by atoms with E-state index >= 15 is 0 Å². The molecule has 0 aliphatic rings. The fraction of sp³-hybridized carbons (Fsp3) is 0.647. The minimum absolute atomic E-state index is 0.0251. The number of phosphoric ester groups is 1. The lowest BCUT2D eigenvalue weighted by Crippen LogP contribution is -2.29. The lowest BCUT2D eigenvalue weighted by molar-refractivity contribution is -0.161. The molecule has 3 atom stereocenters. The molecule has 4 N–H and O–H groups in total. The van der Waals surface area contributed by atoms with Crippen LogP contribution in [0, 0.1) is 13.8 Å². The molecule has 1 aromatic rings. The van der Waals surface area contributed by atoms with Crippen molar-refractivity contribution >= 4 is 19.8 Å². The Morgan fingerprint density at radius 2 is 1.25 bits per heavy atom. The predicted octanol–water partition coefficient (Wildman–Crippen LogP) is 12.5. The zero-order valence-corrected chi connectivity index (χ0v) is 40.3. The zero-order chi connectivity index (χ0) is 46.2. The molecule has 0 amide bonds. The highest BCUT2D eigenvalue weighted by atomic mass is 31.2. The van der Waals surface area contributed by atoms with Crippen molar-refractivity contribution in [1.82, 2.24) is 0 Å². The van der Waals surface area contributed by atoms with E-state index in [0.29, 0.717) is 25.7 Å². The minimum Gasteiger partial charge on any atom is -0.466 e. The molecule has 0 radical (unpaired) electrons. The van der Waals surface area contributed by atoms with Gasteiger partial charge >= 0.3 is 19.8 Å². The lowest BCUT2D eigenvalue weighted by atomic mass is 10.0. The van der Waals surface area contributed by atoms with E-state index in [1.807, 2.05) is 48.6 Å². The van der Waals surface area contributed by atoms with Gasteiger partial charge < -0.3 is 29.6 Å². The van der Waals surface area contributed by atoms with E-state index in [0.717, 1.165) is 51.4 Å². The number of carbonyl (C=O) groups excluding carboxylic acids is 2. The van der Waals surface area contributed by atoms with Crippen LogP contribution in [0.5, 0.6) is 0 Å². The summed E-state index contributed by atoms with van der Waals surface area (Å²) in [5.74, 6) is 1.39. The van der Waals surface area contributed by atoms with Crippen LogP contribution >= 0.6 is 7.82 Å². The second kappa shape index (κ2) is 39.1. The topological polar surface area (TPSA) is 168 Å². The summed E-state index contributed by atoms with van der Waals surface area (Å²) in [6, 6.07) is 0. The Kier molecular flexibility index (Phi) is 35.8. The molecule has 358 valence electrons. The van der Waals surface area contributed by atoms with E-state index in [1.165, 1.54) is 80.4 Å². The number of esters is 2. The SMILES string of the molecule is CC/C=C\C/C=C\CC(O)/C=C/C=C\C/C=C\C/C=C\CCC(=O)O[C@H](COC(=O)CCCCCCCCCCCCc1oc(CCCCC)c(C)c1C)COP(=O)(O)OCCN. The monoisotopic (exact) mass is 902 g/mol. The van der Waals surface area contributed by atoms with Gasteiger partial charge in [-0.3, -0.25) is 18.6 Å². The highest BCUT2D eigenvalue weighted by Crippen LogP contribution is 2.43. The maximum atomic E-state index is 12.6. The minimum atomic E-state index is -4.43. The van der Waals surface area contributed by atoms with E-state index in [9.17, 15) is 24.2 Å². The van der Waals surface area contributed by atoms with Gasteiger partial charge in [-0.05, 0) is 82.8 Å². The number of nitrogens with two attached hydrogens (primary N) is 1. The molecule has 0 fully saturated rings. The summed E-state index contributed by atoms with van der Waals surface area (Å²) in [6.07, 6.45) is 43.7. The Morgan fingerprint density at radius 3 is 1.89 bits per heavy atom. The molecule has 0 saturated carbocycles. The first-order chi connectivity index (χ1) is 30.5. The van der Waals surface area contributed by atoms with Crippen LogP contribution in [-0.4, -0.2) is 60.5 Å². The predicted molar refractivity (Wildman–Crippen MR) is 256 cm³/mol. The van der Waals surface area contributed by atoms with Crippen molar-refractivity contribution in [1.29, 1.82) is 0 Å². The first-order valence-electron chi connectivity index (χ1n) is 23.9. The molecule has 0 aliphatic heterocycles. The van der Waals surface area contributed by atoms with Gasteiger partial charge in [0.15, 0.2) is 6.10 Å². The Balaban J connectivity index is 2.28. The largest absolute Gasteiger partial charge is 0.472 e. The Labute approximate surface area is 380 Å². The maximum absolute atomic E-state index is 12.6. The summed E-state index contributed by atoms with van der Waals surface area (Å²) in [5, 5.41) is 10.0. The van der Waals surface area contributed by atoms with Gasteiger partial charge in [-0.15, -0.1) is 0 Å². The molecule has 0 aliphatic carbocycles. The molecule has 0 saturated heterocycles. The van der Waals surface area contributed by atoms with Crippen molar-refractivity contribution in [2.45, 2.75) is 188 Å². The Bertz CT molecular complexity index is 1560. The Morgan fingerprint density at radius 1 is 0.683 bits per heavy atom. The third-order valence-corrected chi connectivity index (χ3v) is 11.4. The van der Waals surface area contributed by atoms with E-state index in [-0.39, 0.29) is 32.6 Å². The maximum Gasteiger partial charge on any atom is 0.472 e. The molecule has 1 rings (SSSR count). The lowest BCUT2D eigenvalue weighted by Gasteiger charge is -2.19. The first kappa shape index (κ1) is 57.7. The molecular formula is C51H84NO10P. The number of aryl methyl sites for hydroxylation is 2. The van der Waals surface area contributed by atoms with Crippen molar-refractivity contribution in [2.75, 3.05) is 26.4 Å². The second-order valence-corrected chi connectivity index (χ2v) is 17.5. The molecule has 0 aromatic carbocycles. The number of hydrogen-bond acceptors (Lipinski definition) is 10. The van der Waals surface area contributed by atoms with Crippen LogP contribution in [0.2, 0.25) is 0 Å². The van der Waals surface area contributed by atoms with E-state index < -0.39 is 38.6 Å². The number of carbonyl (C=O) groups is 2. The second-order valence-electron chi connectivity index (χ2n) is 16.0. The smallest absolute Gasteiger partial charge is 0.466 e. The molecule has 0 spiro atoms. The Hall–Kier alpha value is -3.31. The van der Waals surface area contributed by atoms with Gasteiger partial charge in [-0.25, -0.2) is 4.57 Å². The van der Waals surface area contributed by atoms with Crippen LogP contribution in [0.1, 0.15) is 171 Å². The fourth-order valence-corrected chi connectivity index (χ4v) is 7.34. The van der Waals surface area contributed by atoms with Crippen molar-refractivity contribution in [3.8, 4) is 0 Å². The van der Waals surface area contributed by atoms with Crippen molar-refractivity contribution in [3.05, 3.63) is 95.6 Å². The average molecular weight is 902 g/mol. The van der Waals surface area contributed by atoms with Crippen LogP contribution in [0.3, 0.4) is 0 Å². The van der Waals surface area contributed by atoms with Crippen molar-refractivity contribution in [2.24, 2.45) is 5.73 Å². The number of aliphatic hydroxyl groups is 1.